The monoisotopic (exact) mass is 306 g/mol. The number of nitrogens with zero attached hydrogens (tertiary/aromatic N) is 2. The molecule has 2 atom stereocenters. The van der Waals surface area contributed by atoms with E-state index in [2.05, 4.69) is 37.7 Å². The second-order valence-electron chi connectivity index (χ2n) is 6.67. The maximum atomic E-state index is 6.20. The Morgan fingerprint density at radius 2 is 2.00 bits per heavy atom. The van der Waals surface area contributed by atoms with Crippen molar-refractivity contribution in [2.75, 3.05) is 40.3 Å². The van der Waals surface area contributed by atoms with Gasteiger partial charge in [-0.3, -0.25) is 4.90 Å². The minimum Gasteiger partial charge on any atom is -0.491 e. The highest BCUT2D eigenvalue weighted by atomic mass is 16.6. The lowest BCUT2D eigenvalue weighted by Gasteiger charge is -2.26. The highest BCUT2D eigenvalue weighted by Crippen LogP contribution is 2.23. The number of hydrogen-bond acceptors (Lipinski definition) is 4. The van der Waals surface area contributed by atoms with Crippen LogP contribution in [0.2, 0.25) is 0 Å². The van der Waals surface area contributed by atoms with Crippen molar-refractivity contribution in [1.82, 2.24) is 9.80 Å². The molecule has 2 unspecified atom stereocenters. The first-order chi connectivity index (χ1) is 10.6. The summed E-state index contributed by atoms with van der Waals surface area (Å²) >= 11 is 0. The predicted molar refractivity (Wildman–Crippen MR) is 90.2 cm³/mol. The highest BCUT2D eigenvalue weighted by Gasteiger charge is 2.34. The SMILES string of the molecule is CC(C)C1OC(COc2ccccc2)CN1CCCN(C)C. The molecule has 0 saturated carbocycles. The Hall–Kier alpha value is -1.10. The van der Waals surface area contributed by atoms with Gasteiger partial charge in [0.1, 0.15) is 24.7 Å². The van der Waals surface area contributed by atoms with Gasteiger partial charge in [0.2, 0.25) is 0 Å². The van der Waals surface area contributed by atoms with Crippen LogP contribution in [0.15, 0.2) is 30.3 Å². The van der Waals surface area contributed by atoms with Crippen LogP contribution in [0.25, 0.3) is 0 Å². The van der Waals surface area contributed by atoms with Gasteiger partial charge < -0.3 is 14.4 Å². The zero-order valence-electron chi connectivity index (χ0n) is 14.4. The largest absolute Gasteiger partial charge is 0.491 e. The van der Waals surface area contributed by atoms with Crippen LogP contribution in [0.3, 0.4) is 0 Å². The lowest BCUT2D eigenvalue weighted by atomic mass is 10.1. The van der Waals surface area contributed by atoms with Crippen molar-refractivity contribution in [3.8, 4) is 5.75 Å². The molecule has 0 aliphatic carbocycles. The number of benzene rings is 1. The maximum Gasteiger partial charge on any atom is 0.119 e. The lowest BCUT2D eigenvalue weighted by molar-refractivity contribution is -0.0411. The van der Waals surface area contributed by atoms with Gasteiger partial charge in [-0.1, -0.05) is 32.0 Å². The van der Waals surface area contributed by atoms with Crippen molar-refractivity contribution in [3.05, 3.63) is 30.3 Å². The molecule has 0 amide bonds. The van der Waals surface area contributed by atoms with Gasteiger partial charge in [-0.15, -0.1) is 0 Å². The standard InChI is InChI=1S/C18H30N2O2/c1-15(2)18-20(12-8-11-19(3)4)13-17(22-18)14-21-16-9-6-5-7-10-16/h5-7,9-10,15,17-18H,8,11-14H2,1-4H3. The van der Waals surface area contributed by atoms with E-state index in [4.69, 9.17) is 9.47 Å². The van der Waals surface area contributed by atoms with Crippen LogP contribution < -0.4 is 4.74 Å². The van der Waals surface area contributed by atoms with Crippen LogP contribution in [0.4, 0.5) is 0 Å². The van der Waals surface area contributed by atoms with Gasteiger partial charge in [-0.2, -0.15) is 0 Å². The van der Waals surface area contributed by atoms with Crippen molar-refractivity contribution >= 4 is 0 Å². The van der Waals surface area contributed by atoms with E-state index in [-0.39, 0.29) is 12.3 Å². The average Bonchev–Trinajstić information content (AvgIpc) is 2.89. The molecular weight excluding hydrogens is 276 g/mol. The molecule has 22 heavy (non-hydrogen) atoms. The Morgan fingerprint density at radius 1 is 1.27 bits per heavy atom. The molecule has 1 fully saturated rings. The van der Waals surface area contributed by atoms with Crippen LogP contribution in [0.5, 0.6) is 5.75 Å². The topological polar surface area (TPSA) is 24.9 Å². The van der Waals surface area contributed by atoms with E-state index in [0.29, 0.717) is 12.5 Å². The van der Waals surface area contributed by atoms with Gasteiger partial charge in [0.15, 0.2) is 0 Å². The van der Waals surface area contributed by atoms with Gasteiger partial charge in [0, 0.05) is 13.1 Å². The third-order valence-electron chi connectivity index (χ3n) is 3.93. The molecule has 2 rings (SSSR count). The first-order valence-corrected chi connectivity index (χ1v) is 8.28. The first kappa shape index (κ1) is 17.3. The smallest absolute Gasteiger partial charge is 0.119 e. The van der Waals surface area contributed by atoms with E-state index in [1.54, 1.807) is 0 Å². The molecular formula is C18H30N2O2. The fraction of sp³-hybridized carbons (Fsp3) is 0.667. The van der Waals surface area contributed by atoms with Crippen LogP contribution in [0, 0.1) is 5.92 Å². The molecule has 4 heteroatoms. The zero-order valence-corrected chi connectivity index (χ0v) is 14.4. The summed E-state index contributed by atoms with van der Waals surface area (Å²) in [6.45, 7) is 8.24. The first-order valence-electron chi connectivity index (χ1n) is 8.28. The van der Waals surface area contributed by atoms with Gasteiger partial charge in [-0.05, 0) is 45.1 Å². The third-order valence-corrected chi connectivity index (χ3v) is 3.93. The summed E-state index contributed by atoms with van der Waals surface area (Å²) in [7, 11) is 4.24. The summed E-state index contributed by atoms with van der Waals surface area (Å²) in [6.07, 6.45) is 1.55. The Morgan fingerprint density at radius 3 is 2.64 bits per heavy atom. The van der Waals surface area contributed by atoms with E-state index < -0.39 is 0 Å². The van der Waals surface area contributed by atoms with Crippen molar-refractivity contribution < 1.29 is 9.47 Å². The zero-order chi connectivity index (χ0) is 15.9. The maximum absolute atomic E-state index is 6.20. The minimum atomic E-state index is 0.159. The second kappa shape index (κ2) is 8.51. The third kappa shape index (κ3) is 5.27. The molecule has 0 N–H and O–H groups in total. The summed E-state index contributed by atoms with van der Waals surface area (Å²) in [5.41, 5.74) is 0. The normalized spacial score (nSPS) is 22.6. The van der Waals surface area contributed by atoms with Gasteiger partial charge in [0.05, 0.1) is 0 Å². The van der Waals surface area contributed by atoms with Crippen LogP contribution in [-0.4, -0.2) is 62.5 Å². The van der Waals surface area contributed by atoms with Crippen LogP contribution in [-0.2, 0) is 4.74 Å². The van der Waals surface area contributed by atoms with Crippen LogP contribution >= 0.6 is 0 Å². The summed E-state index contributed by atoms with van der Waals surface area (Å²) in [5.74, 6) is 1.42. The fourth-order valence-electron chi connectivity index (χ4n) is 2.88. The fourth-order valence-corrected chi connectivity index (χ4v) is 2.88. The molecule has 1 heterocycles. The molecule has 1 aromatic carbocycles. The molecule has 4 nitrogen and oxygen atoms in total. The number of hydrogen-bond donors (Lipinski definition) is 0. The highest BCUT2D eigenvalue weighted by molar-refractivity contribution is 5.20. The molecule has 0 radical (unpaired) electrons. The molecule has 0 spiro atoms. The van der Waals surface area contributed by atoms with Gasteiger partial charge in [0.25, 0.3) is 0 Å². The number of ether oxygens (including phenoxy) is 2. The lowest BCUT2D eigenvalue weighted by Crippen LogP contribution is -2.36. The molecule has 1 saturated heterocycles. The summed E-state index contributed by atoms with van der Waals surface area (Å²) < 4.78 is 12.1. The Bertz CT molecular complexity index is 422. The minimum absolute atomic E-state index is 0.159. The van der Waals surface area contributed by atoms with Gasteiger partial charge >= 0.3 is 0 Å². The molecule has 124 valence electrons. The van der Waals surface area contributed by atoms with E-state index in [9.17, 15) is 0 Å². The van der Waals surface area contributed by atoms with Crippen LogP contribution in [0.1, 0.15) is 20.3 Å². The predicted octanol–water partition coefficient (Wildman–Crippen LogP) is 2.70. The summed E-state index contributed by atoms with van der Waals surface area (Å²) in [6, 6.07) is 9.97. The number of para-hydroxylation sites is 1. The Kier molecular flexibility index (Phi) is 6.68. The van der Waals surface area contributed by atoms with E-state index in [1.807, 2.05) is 30.3 Å². The van der Waals surface area contributed by atoms with E-state index >= 15 is 0 Å². The summed E-state index contributed by atoms with van der Waals surface area (Å²) in [4.78, 5) is 4.70. The average molecular weight is 306 g/mol. The number of rotatable bonds is 8. The van der Waals surface area contributed by atoms with Crippen molar-refractivity contribution in [3.63, 3.8) is 0 Å². The summed E-state index contributed by atoms with van der Waals surface area (Å²) in [5, 5.41) is 0. The molecule has 0 aromatic heterocycles. The van der Waals surface area contributed by atoms with E-state index in [0.717, 1.165) is 25.4 Å². The molecule has 1 aromatic rings. The van der Waals surface area contributed by atoms with Crippen molar-refractivity contribution in [2.45, 2.75) is 32.6 Å². The Labute approximate surface area is 135 Å². The van der Waals surface area contributed by atoms with Crippen molar-refractivity contribution in [1.29, 1.82) is 0 Å². The van der Waals surface area contributed by atoms with E-state index in [1.165, 1.54) is 6.42 Å². The Balaban J connectivity index is 1.81. The van der Waals surface area contributed by atoms with Crippen molar-refractivity contribution in [2.24, 2.45) is 5.92 Å². The second-order valence-corrected chi connectivity index (χ2v) is 6.67. The molecule has 1 aliphatic heterocycles. The quantitative estimate of drug-likeness (QED) is 0.737. The molecule has 1 aliphatic rings. The molecule has 0 bridgehead atoms. The van der Waals surface area contributed by atoms with Gasteiger partial charge in [-0.25, -0.2) is 0 Å².